The van der Waals surface area contributed by atoms with Gasteiger partial charge >= 0.3 is 0 Å². The second-order valence-corrected chi connectivity index (χ2v) is 9.19. The van der Waals surface area contributed by atoms with E-state index < -0.39 is 10.0 Å². The first-order chi connectivity index (χ1) is 11.7. The van der Waals surface area contributed by atoms with E-state index in [2.05, 4.69) is 17.4 Å². The Balaban J connectivity index is 1.88. The van der Waals surface area contributed by atoms with Crippen LogP contribution in [0.4, 0.5) is 0 Å². The normalized spacial score (nSPS) is 20.8. The van der Waals surface area contributed by atoms with Gasteiger partial charge in [0.2, 0.25) is 15.9 Å². The van der Waals surface area contributed by atoms with Crippen molar-refractivity contribution >= 4 is 15.9 Å². The Hall–Kier alpha value is -1.44. The van der Waals surface area contributed by atoms with Crippen LogP contribution in [-0.4, -0.2) is 57.7 Å². The molecule has 0 saturated carbocycles. The molecule has 1 heterocycles. The SMILES string of the molecule is Cc1ccc(CCC(=O)N[C@@H]2COC[C@H]2CS(=O)(=O)N(C)C)c(C)c1. The van der Waals surface area contributed by atoms with Gasteiger partial charge in [-0.3, -0.25) is 4.79 Å². The Bertz CT molecular complexity index is 716. The van der Waals surface area contributed by atoms with Crippen LogP contribution >= 0.6 is 0 Å². The zero-order valence-electron chi connectivity index (χ0n) is 15.4. The molecule has 1 fully saturated rings. The van der Waals surface area contributed by atoms with Gasteiger partial charge in [0.1, 0.15) is 0 Å². The Morgan fingerprint density at radius 3 is 2.64 bits per heavy atom. The van der Waals surface area contributed by atoms with Crippen molar-refractivity contribution in [2.45, 2.75) is 32.7 Å². The molecule has 1 aromatic carbocycles. The summed E-state index contributed by atoms with van der Waals surface area (Å²) in [6.45, 7) is 4.82. The topological polar surface area (TPSA) is 75.7 Å². The number of aryl methyl sites for hydroxylation is 3. The highest BCUT2D eigenvalue weighted by molar-refractivity contribution is 7.89. The molecule has 2 rings (SSSR count). The summed E-state index contributed by atoms with van der Waals surface area (Å²) in [6.07, 6.45) is 1.06. The largest absolute Gasteiger partial charge is 0.379 e. The van der Waals surface area contributed by atoms with Gasteiger partial charge in [-0.1, -0.05) is 23.8 Å². The summed E-state index contributed by atoms with van der Waals surface area (Å²) < 4.78 is 30.7. The molecule has 1 aliphatic rings. The van der Waals surface area contributed by atoms with E-state index in [-0.39, 0.29) is 23.6 Å². The number of amides is 1. The summed E-state index contributed by atoms with van der Waals surface area (Å²) in [5.74, 6) is -0.289. The van der Waals surface area contributed by atoms with Crippen molar-refractivity contribution in [1.82, 2.24) is 9.62 Å². The van der Waals surface area contributed by atoms with E-state index in [9.17, 15) is 13.2 Å². The lowest BCUT2D eigenvalue weighted by molar-refractivity contribution is -0.121. The second-order valence-electron chi connectivity index (χ2n) is 6.96. The van der Waals surface area contributed by atoms with Crippen molar-refractivity contribution in [3.63, 3.8) is 0 Å². The Labute approximate surface area is 150 Å². The molecule has 1 amide bonds. The summed E-state index contributed by atoms with van der Waals surface area (Å²) in [4.78, 5) is 12.3. The van der Waals surface area contributed by atoms with Crippen molar-refractivity contribution in [2.24, 2.45) is 5.92 Å². The zero-order chi connectivity index (χ0) is 18.6. The molecule has 1 aromatic rings. The highest BCUT2D eigenvalue weighted by Crippen LogP contribution is 2.18. The number of rotatable bonds is 7. The first-order valence-electron chi connectivity index (χ1n) is 8.52. The number of hydrogen-bond donors (Lipinski definition) is 1. The maximum atomic E-state index is 12.3. The minimum Gasteiger partial charge on any atom is -0.379 e. The van der Waals surface area contributed by atoms with Gasteiger partial charge in [0, 0.05) is 26.4 Å². The zero-order valence-corrected chi connectivity index (χ0v) is 16.2. The predicted octanol–water partition coefficient (Wildman–Crippen LogP) is 1.26. The number of sulfonamides is 1. The van der Waals surface area contributed by atoms with Crippen LogP contribution in [0.5, 0.6) is 0 Å². The maximum Gasteiger partial charge on any atom is 0.220 e. The van der Waals surface area contributed by atoms with Gasteiger partial charge in [0.15, 0.2) is 0 Å². The summed E-state index contributed by atoms with van der Waals surface area (Å²) >= 11 is 0. The number of nitrogens with one attached hydrogen (secondary N) is 1. The van der Waals surface area contributed by atoms with Gasteiger partial charge in [0.05, 0.1) is 25.0 Å². The van der Waals surface area contributed by atoms with E-state index >= 15 is 0 Å². The third-order valence-electron chi connectivity index (χ3n) is 4.65. The van der Waals surface area contributed by atoms with E-state index in [1.165, 1.54) is 29.5 Å². The highest BCUT2D eigenvalue weighted by atomic mass is 32.2. The van der Waals surface area contributed by atoms with Crippen LogP contribution in [0.1, 0.15) is 23.1 Å². The summed E-state index contributed by atoms with van der Waals surface area (Å²) in [5.41, 5.74) is 3.56. The van der Waals surface area contributed by atoms with Crippen LogP contribution in [0.15, 0.2) is 18.2 Å². The molecular formula is C18H28N2O4S. The lowest BCUT2D eigenvalue weighted by atomic mass is 10.0. The van der Waals surface area contributed by atoms with Crippen molar-refractivity contribution in [2.75, 3.05) is 33.1 Å². The van der Waals surface area contributed by atoms with E-state index in [1.54, 1.807) is 0 Å². The average Bonchev–Trinajstić information content (AvgIpc) is 2.92. The van der Waals surface area contributed by atoms with Crippen LogP contribution in [-0.2, 0) is 26.0 Å². The van der Waals surface area contributed by atoms with Crippen LogP contribution in [0.3, 0.4) is 0 Å². The monoisotopic (exact) mass is 368 g/mol. The molecule has 2 atom stereocenters. The van der Waals surface area contributed by atoms with Crippen molar-refractivity contribution in [3.8, 4) is 0 Å². The molecular weight excluding hydrogens is 340 g/mol. The molecule has 0 aliphatic carbocycles. The summed E-state index contributed by atoms with van der Waals surface area (Å²) in [5, 5.41) is 2.94. The molecule has 0 aromatic heterocycles. The third kappa shape index (κ3) is 5.52. The lowest BCUT2D eigenvalue weighted by Crippen LogP contribution is -2.43. The molecule has 0 radical (unpaired) electrons. The molecule has 6 nitrogen and oxygen atoms in total. The van der Waals surface area contributed by atoms with Gasteiger partial charge < -0.3 is 10.1 Å². The van der Waals surface area contributed by atoms with Crippen LogP contribution in [0, 0.1) is 19.8 Å². The van der Waals surface area contributed by atoms with E-state index in [1.807, 2.05) is 19.9 Å². The van der Waals surface area contributed by atoms with Crippen molar-refractivity contribution < 1.29 is 17.9 Å². The molecule has 7 heteroatoms. The first kappa shape index (κ1) is 19.9. The molecule has 0 unspecified atom stereocenters. The van der Waals surface area contributed by atoms with Crippen LogP contribution in [0.2, 0.25) is 0 Å². The standard InChI is InChI=1S/C18H28N2O4S/c1-13-5-6-15(14(2)9-13)7-8-18(21)19-17-11-24-10-16(17)12-25(22,23)20(3)4/h5-6,9,16-17H,7-8,10-12H2,1-4H3,(H,19,21)/t16-,17+/m0/s1. The Morgan fingerprint density at radius 1 is 1.28 bits per heavy atom. The lowest BCUT2D eigenvalue weighted by Gasteiger charge is -2.21. The van der Waals surface area contributed by atoms with E-state index in [0.717, 1.165) is 5.56 Å². The Morgan fingerprint density at radius 2 is 2.00 bits per heavy atom. The molecule has 1 N–H and O–H groups in total. The maximum absolute atomic E-state index is 12.3. The highest BCUT2D eigenvalue weighted by Gasteiger charge is 2.34. The number of hydrogen-bond acceptors (Lipinski definition) is 4. The summed E-state index contributed by atoms with van der Waals surface area (Å²) in [7, 11) is -0.280. The first-order valence-corrected chi connectivity index (χ1v) is 10.1. The quantitative estimate of drug-likeness (QED) is 0.786. The Kier molecular flexibility index (Phi) is 6.59. The number of benzene rings is 1. The third-order valence-corrected chi connectivity index (χ3v) is 6.61. The van der Waals surface area contributed by atoms with Gasteiger partial charge in [-0.25, -0.2) is 12.7 Å². The molecule has 1 saturated heterocycles. The summed E-state index contributed by atoms with van der Waals surface area (Å²) in [6, 6.07) is 5.97. The smallest absolute Gasteiger partial charge is 0.220 e. The fourth-order valence-corrected chi connectivity index (χ4v) is 4.16. The van der Waals surface area contributed by atoms with Crippen LogP contribution < -0.4 is 5.32 Å². The minimum atomic E-state index is -3.31. The number of nitrogens with zero attached hydrogens (tertiary/aromatic N) is 1. The van der Waals surface area contributed by atoms with Crippen molar-refractivity contribution in [3.05, 3.63) is 34.9 Å². The average molecular weight is 368 g/mol. The number of carbonyl (C=O) groups excluding carboxylic acids is 1. The minimum absolute atomic E-state index is 0.0119. The number of carbonyl (C=O) groups is 1. The van der Waals surface area contributed by atoms with Gasteiger partial charge in [-0.15, -0.1) is 0 Å². The van der Waals surface area contributed by atoms with E-state index in [0.29, 0.717) is 26.1 Å². The van der Waals surface area contributed by atoms with Gasteiger partial charge in [0.25, 0.3) is 0 Å². The van der Waals surface area contributed by atoms with E-state index in [4.69, 9.17) is 4.74 Å². The fourth-order valence-electron chi connectivity index (χ4n) is 3.00. The molecule has 1 aliphatic heterocycles. The van der Waals surface area contributed by atoms with Crippen LogP contribution in [0.25, 0.3) is 0 Å². The molecule has 0 spiro atoms. The fraction of sp³-hybridized carbons (Fsp3) is 0.611. The molecule has 140 valence electrons. The van der Waals surface area contributed by atoms with Gasteiger partial charge in [-0.05, 0) is 31.4 Å². The molecule has 0 bridgehead atoms. The second kappa shape index (κ2) is 8.29. The predicted molar refractivity (Wildman–Crippen MR) is 98.0 cm³/mol. The molecule has 25 heavy (non-hydrogen) atoms. The van der Waals surface area contributed by atoms with Crippen molar-refractivity contribution in [1.29, 1.82) is 0 Å². The van der Waals surface area contributed by atoms with Gasteiger partial charge in [-0.2, -0.15) is 0 Å². The number of ether oxygens (including phenoxy) is 1.